The molecule has 0 saturated carbocycles. The second-order valence-corrected chi connectivity index (χ2v) is 5.31. The maximum Gasteiger partial charge on any atom is 0.270 e. The fraction of sp³-hybridized carbons (Fsp3) is 0.583. The quantitative estimate of drug-likeness (QED) is 0.919. The third kappa shape index (κ3) is 2.76. The van der Waals surface area contributed by atoms with Crippen molar-refractivity contribution in [3.8, 4) is 0 Å². The van der Waals surface area contributed by atoms with Gasteiger partial charge in [-0.05, 0) is 28.4 Å². The number of carbonyl (C=O) groups excluding carboxylic acids is 1. The molecule has 1 saturated heterocycles. The highest BCUT2D eigenvalue weighted by Crippen LogP contribution is 2.23. The van der Waals surface area contributed by atoms with Crippen LogP contribution in [0.4, 0.5) is 0 Å². The molecule has 5 nitrogen and oxygen atoms in total. The Morgan fingerprint density at radius 3 is 2.94 bits per heavy atom. The number of aromatic amines is 1. The van der Waals surface area contributed by atoms with E-state index in [1.807, 2.05) is 4.90 Å². The Morgan fingerprint density at radius 2 is 2.39 bits per heavy atom. The maximum atomic E-state index is 12.4. The van der Waals surface area contributed by atoms with Gasteiger partial charge in [0, 0.05) is 31.4 Å². The molecule has 0 aromatic carbocycles. The van der Waals surface area contributed by atoms with Gasteiger partial charge in [-0.3, -0.25) is 4.79 Å². The van der Waals surface area contributed by atoms with E-state index in [0.717, 1.165) is 10.9 Å². The lowest BCUT2D eigenvalue weighted by atomic mass is 10.2. The Morgan fingerprint density at radius 1 is 1.61 bits per heavy atom. The normalized spacial score (nSPS) is 23.6. The van der Waals surface area contributed by atoms with E-state index in [0.29, 0.717) is 18.8 Å². The van der Waals surface area contributed by atoms with Crippen LogP contribution >= 0.6 is 15.9 Å². The minimum Gasteiger partial charge on any atom is -0.383 e. The first kappa shape index (κ1) is 13.6. The van der Waals surface area contributed by atoms with Crippen molar-refractivity contribution in [3.05, 3.63) is 22.4 Å². The van der Waals surface area contributed by atoms with E-state index in [2.05, 4.69) is 20.9 Å². The summed E-state index contributed by atoms with van der Waals surface area (Å²) < 4.78 is 11.4. The number of hydrogen-bond donors (Lipinski definition) is 1. The van der Waals surface area contributed by atoms with Crippen molar-refractivity contribution in [2.24, 2.45) is 0 Å². The van der Waals surface area contributed by atoms with E-state index in [-0.39, 0.29) is 18.1 Å². The third-order valence-electron chi connectivity index (χ3n) is 3.21. The number of likely N-dealkylation sites (tertiary alicyclic amines) is 1. The summed E-state index contributed by atoms with van der Waals surface area (Å²) in [6.07, 6.45) is 2.66. The smallest absolute Gasteiger partial charge is 0.270 e. The first-order chi connectivity index (χ1) is 8.65. The minimum absolute atomic E-state index is 0.0118. The lowest BCUT2D eigenvalue weighted by Crippen LogP contribution is -2.38. The SMILES string of the molecule is COC[C@@H]1C[C@H](OC)CN1C(=O)c1cc(Br)c[nH]1. The number of carbonyl (C=O) groups is 1. The predicted octanol–water partition coefficient (Wildman–Crippen LogP) is 1.65. The van der Waals surface area contributed by atoms with Gasteiger partial charge in [-0.25, -0.2) is 0 Å². The summed E-state index contributed by atoms with van der Waals surface area (Å²) in [7, 11) is 3.32. The van der Waals surface area contributed by atoms with Crippen LogP contribution < -0.4 is 0 Å². The molecule has 2 rings (SSSR count). The topological polar surface area (TPSA) is 54.6 Å². The molecular weight excluding hydrogens is 300 g/mol. The molecule has 1 aromatic rings. The molecule has 100 valence electrons. The second kappa shape index (κ2) is 5.86. The van der Waals surface area contributed by atoms with E-state index in [9.17, 15) is 4.79 Å². The van der Waals surface area contributed by atoms with E-state index in [1.54, 1.807) is 26.5 Å². The van der Waals surface area contributed by atoms with E-state index < -0.39 is 0 Å². The summed E-state index contributed by atoms with van der Waals surface area (Å²) in [6.45, 7) is 1.15. The average Bonchev–Trinajstić information content (AvgIpc) is 2.95. The number of ether oxygens (including phenoxy) is 2. The summed E-state index contributed by atoms with van der Waals surface area (Å²) in [4.78, 5) is 17.1. The summed E-state index contributed by atoms with van der Waals surface area (Å²) in [6, 6.07) is 1.86. The fourth-order valence-corrected chi connectivity index (χ4v) is 2.63. The first-order valence-corrected chi connectivity index (χ1v) is 6.61. The summed E-state index contributed by atoms with van der Waals surface area (Å²) >= 11 is 3.33. The first-order valence-electron chi connectivity index (χ1n) is 5.82. The molecule has 0 spiro atoms. The van der Waals surface area contributed by atoms with Crippen LogP contribution in [-0.2, 0) is 9.47 Å². The summed E-state index contributed by atoms with van der Waals surface area (Å²) in [5.74, 6) is -0.0118. The van der Waals surface area contributed by atoms with Crippen LogP contribution in [0.1, 0.15) is 16.9 Å². The highest BCUT2D eigenvalue weighted by atomic mass is 79.9. The number of rotatable bonds is 4. The van der Waals surface area contributed by atoms with Crippen molar-refractivity contribution in [3.63, 3.8) is 0 Å². The zero-order valence-electron chi connectivity index (χ0n) is 10.5. The second-order valence-electron chi connectivity index (χ2n) is 4.39. The summed E-state index contributed by atoms with van der Waals surface area (Å²) in [5.41, 5.74) is 0.583. The largest absolute Gasteiger partial charge is 0.383 e. The van der Waals surface area contributed by atoms with Crippen molar-refractivity contribution < 1.29 is 14.3 Å². The number of halogens is 1. The number of hydrogen-bond acceptors (Lipinski definition) is 3. The Labute approximate surface area is 115 Å². The highest BCUT2D eigenvalue weighted by Gasteiger charge is 2.36. The molecule has 0 radical (unpaired) electrons. The molecule has 1 N–H and O–H groups in total. The molecule has 2 atom stereocenters. The van der Waals surface area contributed by atoms with Gasteiger partial charge in [0.05, 0.1) is 18.8 Å². The van der Waals surface area contributed by atoms with E-state index in [4.69, 9.17) is 9.47 Å². The number of methoxy groups -OCH3 is 2. The molecule has 1 amide bonds. The molecule has 1 aliphatic heterocycles. The van der Waals surface area contributed by atoms with Gasteiger partial charge in [0.25, 0.3) is 5.91 Å². The van der Waals surface area contributed by atoms with Gasteiger partial charge in [-0.15, -0.1) is 0 Å². The van der Waals surface area contributed by atoms with Crippen LogP contribution in [0.3, 0.4) is 0 Å². The van der Waals surface area contributed by atoms with Gasteiger partial charge >= 0.3 is 0 Å². The molecule has 1 aliphatic rings. The lowest BCUT2D eigenvalue weighted by molar-refractivity contribution is 0.0607. The predicted molar refractivity (Wildman–Crippen MR) is 70.6 cm³/mol. The Hall–Kier alpha value is -0.850. The van der Waals surface area contributed by atoms with Crippen LogP contribution in [0.25, 0.3) is 0 Å². The molecule has 1 fully saturated rings. The van der Waals surface area contributed by atoms with Crippen molar-refractivity contribution in [2.75, 3.05) is 27.4 Å². The van der Waals surface area contributed by atoms with Gasteiger partial charge in [-0.2, -0.15) is 0 Å². The van der Waals surface area contributed by atoms with Crippen LogP contribution in [0, 0.1) is 0 Å². The van der Waals surface area contributed by atoms with Gasteiger partial charge in [-0.1, -0.05) is 0 Å². The van der Waals surface area contributed by atoms with Crippen LogP contribution in [0.15, 0.2) is 16.7 Å². The molecule has 1 aromatic heterocycles. The zero-order chi connectivity index (χ0) is 13.1. The van der Waals surface area contributed by atoms with Crippen molar-refractivity contribution in [2.45, 2.75) is 18.6 Å². The maximum absolute atomic E-state index is 12.4. The fourth-order valence-electron chi connectivity index (χ4n) is 2.29. The van der Waals surface area contributed by atoms with Gasteiger partial charge in [0.1, 0.15) is 5.69 Å². The number of nitrogens with one attached hydrogen (secondary N) is 1. The number of nitrogens with zero attached hydrogens (tertiary/aromatic N) is 1. The van der Waals surface area contributed by atoms with Crippen molar-refractivity contribution in [1.82, 2.24) is 9.88 Å². The van der Waals surface area contributed by atoms with Crippen molar-refractivity contribution >= 4 is 21.8 Å². The monoisotopic (exact) mass is 316 g/mol. The van der Waals surface area contributed by atoms with Crippen LogP contribution in [-0.4, -0.2) is 55.3 Å². The summed E-state index contributed by atoms with van der Waals surface area (Å²) in [5, 5.41) is 0. The third-order valence-corrected chi connectivity index (χ3v) is 3.67. The van der Waals surface area contributed by atoms with E-state index >= 15 is 0 Å². The lowest BCUT2D eigenvalue weighted by Gasteiger charge is -2.23. The zero-order valence-corrected chi connectivity index (χ0v) is 12.1. The molecule has 0 unspecified atom stereocenters. The van der Waals surface area contributed by atoms with Gasteiger partial charge in [0.15, 0.2) is 0 Å². The Bertz CT molecular complexity index is 421. The molecule has 2 heterocycles. The van der Waals surface area contributed by atoms with Gasteiger partial charge < -0.3 is 19.4 Å². The molecule has 0 aliphatic carbocycles. The highest BCUT2D eigenvalue weighted by molar-refractivity contribution is 9.10. The van der Waals surface area contributed by atoms with E-state index in [1.165, 1.54) is 0 Å². The standard InChI is InChI=1S/C12H17BrN2O3/c1-17-7-9-4-10(18-2)6-15(9)12(16)11-3-8(13)5-14-11/h3,5,9-10,14H,4,6-7H2,1-2H3/t9-,10-/m0/s1. The Kier molecular flexibility index (Phi) is 4.42. The molecular formula is C12H17BrN2O3. The number of aromatic nitrogens is 1. The minimum atomic E-state index is -0.0118. The van der Waals surface area contributed by atoms with Crippen molar-refractivity contribution in [1.29, 1.82) is 0 Å². The number of amides is 1. The molecule has 18 heavy (non-hydrogen) atoms. The Balaban J connectivity index is 2.12. The van der Waals surface area contributed by atoms with Crippen LogP contribution in [0.2, 0.25) is 0 Å². The van der Waals surface area contributed by atoms with Crippen LogP contribution in [0.5, 0.6) is 0 Å². The molecule has 0 bridgehead atoms. The number of H-pyrrole nitrogens is 1. The van der Waals surface area contributed by atoms with Gasteiger partial charge in [0.2, 0.25) is 0 Å². The average molecular weight is 317 g/mol. The molecule has 6 heteroatoms.